The van der Waals surface area contributed by atoms with Gasteiger partial charge in [-0.1, -0.05) is 0 Å². The lowest BCUT2D eigenvalue weighted by Crippen LogP contribution is -2.49. The normalized spacial score (nSPS) is 19.0. The van der Waals surface area contributed by atoms with E-state index >= 15 is 0 Å². The molecule has 1 aliphatic rings. The molecule has 0 spiro atoms. The number of hydrogen-bond donors (Lipinski definition) is 1. The highest BCUT2D eigenvalue weighted by molar-refractivity contribution is 5.30. The minimum absolute atomic E-state index is 0.670. The number of aromatic nitrogens is 2. The van der Waals surface area contributed by atoms with Gasteiger partial charge in [0.15, 0.2) is 0 Å². The Morgan fingerprint density at radius 3 is 2.47 bits per heavy atom. The van der Waals surface area contributed by atoms with Crippen LogP contribution in [-0.4, -0.2) is 58.3 Å². The molecule has 1 aromatic heterocycles. The van der Waals surface area contributed by atoms with Gasteiger partial charge < -0.3 is 5.73 Å². The van der Waals surface area contributed by atoms with E-state index in [1.807, 2.05) is 10.9 Å². The molecule has 2 heterocycles. The van der Waals surface area contributed by atoms with Crippen molar-refractivity contribution in [3.63, 3.8) is 0 Å². The van der Waals surface area contributed by atoms with Crippen molar-refractivity contribution in [3.8, 4) is 0 Å². The van der Waals surface area contributed by atoms with Crippen LogP contribution in [0.4, 0.5) is 5.69 Å². The fraction of sp³-hybridized carbons (Fsp3) is 0.750. The number of anilines is 1. The van der Waals surface area contributed by atoms with Gasteiger partial charge in [0.05, 0.1) is 18.4 Å². The number of piperazine rings is 1. The van der Waals surface area contributed by atoms with Gasteiger partial charge >= 0.3 is 0 Å². The Morgan fingerprint density at radius 1 is 1.24 bits per heavy atom. The number of rotatable bonds is 4. The highest BCUT2D eigenvalue weighted by atomic mass is 15.3. The molecule has 0 atom stereocenters. The van der Waals surface area contributed by atoms with Gasteiger partial charge in [0.1, 0.15) is 0 Å². The van der Waals surface area contributed by atoms with Gasteiger partial charge in [0.25, 0.3) is 0 Å². The average Bonchev–Trinajstić information content (AvgIpc) is 2.73. The molecule has 96 valence electrons. The maximum Gasteiger partial charge on any atom is 0.0719 e. The quantitative estimate of drug-likeness (QED) is 0.828. The van der Waals surface area contributed by atoms with E-state index in [4.69, 9.17) is 5.73 Å². The zero-order valence-electron chi connectivity index (χ0n) is 10.8. The van der Waals surface area contributed by atoms with E-state index in [0.29, 0.717) is 6.04 Å². The van der Waals surface area contributed by atoms with E-state index in [1.165, 1.54) is 13.1 Å². The predicted molar refractivity (Wildman–Crippen MR) is 69.8 cm³/mol. The van der Waals surface area contributed by atoms with Crippen molar-refractivity contribution in [3.05, 3.63) is 12.4 Å². The third kappa shape index (κ3) is 3.44. The Balaban J connectivity index is 1.71. The Kier molecular flexibility index (Phi) is 4.02. The summed E-state index contributed by atoms with van der Waals surface area (Å²) in [6.07, 6.45) is 3.60. The van der Waals surface area contributed by atoms with Crippen LogP contribution in [-0.2, 0) is 6.54 Å². The predicted octanol–water partition coefficient (Wildman–Crippen LogP) is 0.491. The molecule has 0 saturated carbocycles. The molecule has 0 aliphatic carbocycles. The molecule has 17 heavy (non-hydrogen) atoms. The van der Waals surface area contributed by atoms with Crippen molar-refractivity contribution >= 4 is 5.69 Å². The van der Waals surface area contributed by atoms with E-state index in [2.05, 4.69) is 28.7 Å². The number of nitrogen functional groups attached to an aromatic ring is 1. The van der Waals surface area contributed by atoms with Crippen LogP contribution in [0.25, 0.3) is 0 Å². The monoisotopic (exact) mass is 237 g/mol. The number of nitrogens with zero attached hydrogens (tertiary/aromatic N) is 4. The first-order valence-corrected chi connectivity index (χ1v) is 6.39. The molecule has 5 heteroatoms. The van der Waals surface area contributed by atoms with E-state index in [-0.39, 0.29) is 0 Å². The van der Waals surface area contributed by atoms with Crippen molar-refractivity contribution < 1.29 is 0 Å². The lowest BCUT2D eigenvalue weighted by atomic mass is 10.2. The van der Waals surface area contributed by atoms with Gasteiger partial charge in [-0.15, -0.1) is 0 Å². The third-order valence-corrected chi connectivity index (χ3v) is 3.44. The van der Waals surface area contributed by atoms with Crippen molar-refractivity contribution in [2.24, 2.45) is 0 Å². The molecule has 2 rings (SSSR count). The Morgan fingerprint density at radius 2 is 1.94 bits per heavy atom. The van der Waals surface area contributed by atoms with Gasteiger partial charge in [-0.05, 0) is 13.8 Å². The third-order valence-electron chi connectivity index (χ3n) is 3.44. The molecule has 1 fully saturated rings. The molecule has 0 amide bonds. The van der Waals surface area contributed by atoms with Crippen LogP contribution in [0.15, 0.2) is 12.4 Å². The molecule has 1 aromatic rings. The summed E-state index contributed by atoms with van der Waals surface area (Å²) < 4.78 is 1.92. The summed E-state index contributed by atoms with van der Waals surface area (Å²) in [6.45, 7) is 11.2. The second-order valence-electron chi connectivity index (χ2n) is 5.01. The minimum Gasteiger partial charge on any atom is -0.396 e. The summed E-state index contributed by atoms with van der Waals surface area (Å²) >= 11 is 0. The van der Waals surface area contributed by atoms with Crippen molar-refractivity contribution in [1.82, 2.24) is 19.6 Å². The highest BCUT2D eigenvalue weighted by Crippen LogP contribution is 2.06. The van der Waals surface area contributed by atoms with Crippen LogP contribution >= 0.6 is 0 Å². The van der Waals surface area contributed by atoms with E-state index < -0.39 is 0 Å². The molecule has 5 nitrogen and oxygen atoms in total. The first-order valence-electron chi connectivity index (χ1n) is 6.39. The molecule has 1 aliphatic heterocycles. The second-order valence-corrected chi connectivity index (χ2v) is 5.01. The molecule has 0 bridgehead atoms. The molecule has 2 N–H and O–H groups in total. The fourth-order valence-electron chi connectivity index (χ4n) is 2.25. The SMILES string of the molecule is CC(C)N1CCN(CCn2cc(N)cn2)CC1. The smallest absolute Gasteiger partial charge is 0.0719 e. The van der Waals surface area contributed by atoms with Crippen LogP contribution < -0.4 is 5.73 Å². The van der Waals surface area contributed by atoms with Crippen LogP contribution in [0.1, 0.15) is 13.8 Å². The summed E-state index contributed by atoms with van der Waals surface area (Å²) in [6, 6.07) is 0.670. The Hall–Kier alpha value is -1.07. The van der Waals surface area contributed by atoms with Crippen molar-refractivity contribution in [2.75, 3.05) is 38.5 Å². The molecular weight excluding hydrogens is 214 g/mol. The maximum atomic E-state index is 5.64. The summed E-state index contributed by atoms with van der Waals surface area (Å²) in [4.78, 5) is 5.03. The first-order chi connectivity index (χ1) is 8.15. The van der Waals surface area contributed by atoms with E-state index in [1.54, 1.807) is 6.20 Å². The van der Waals surface area contributed by atoms with Crippen LogP contribution in [0.3, 0.4) is 0 Å². The topological polar surface area (TPSA) is 50.3 Å². The highest BCUT2D eigenvalue weighted by Gasteiger charge is 2.18. The average molecular weight is 237 g/mol. The lowest BCUT2D eigenvalue weighted by molar-refractivity contribution is 0.105. The summed E-state index contributed by atoms with van der Waals surface area (Å²) in [7, 11) is 0. The van der Waals surface area contributed by atoms with Gasteiger partial charge in [-0.25, -0.2) is 0 Å². The largest absolute Gasteiger partial charge is 0.396 e. The molecule has 0 unspecified atom stereocenters. The number of nitrogens with two attached hydrogens (primary N) is 1. The Bertz CT molecular complexity index is 338. The van der Waals surface area contributed by atoms with Crippen LogP contribution in [0.5, 0.6) is 0 Å². The molecule has 1 saturated heterocycles. The van der Waals surface area contributed by atoms with Gasteiger partial charge in [0, 0.05) is 45.0 Å². The van der Waals surface area contributed by atoms with E-state index in [0.717, 1.165) is 31.9 Å². The molecule has 0 aromatic carbocycles. The molecular formula is C12H23N5. The van der Waals surface area contributed by atoms with E-state index in [9.17, 15) is 0 Å². The van der Waals surface area contributed by atoms with Gasteiger partial charge in [-0.3, -0.25) is 14.5 Å². The standard InChI is InChI=1S/C12H23N5/c1-11(2)16-6-3-15(4-7-16)5-8-17-10-12(13)9-14-17/h9-11H,3-8,13H2,1-2H3. The van der Waals surface area contributed by atoms with Gasteiger partial charge in [0.2, 0.25) is 0 Å². The van der Waals surface area contributed by atoms with Crippen molar-refractivity contribution in [1.29, 1.82) is 0 Å². The van der Waals surface area contributed by atoms with Gasteiger partial charge in [-0.2, -0.15) is 5.10 Å². The summed E-state index contributed by atoms with van der Waals surface area (Å²) in [5.74, 6) is 0. The lowest BCUT2D eigenvalue weighted by Gasteiger charge is -2.36. The Labute approximate surface area is 103 Å². The zero-order valence-corrected chi connectivity index (χ0v) is 10.8. The zero-order chi connectivity index (χ0) is 12.3. The first kappa shape index (κ1) is 12.4. The summed E-state index contributed by atoms with van der Waals surface area (Å²) in [5.41, 5.74) is 6.38. The second kappa shape index (κ2) is 5.51. The van der Waals surface area contributed by atoms with Crippen LogP contribution in [0, 0.1) is 0 Å². The van der Waals surface area contributed by atoms with Crippen molar-refractivity contribution in [2.45, 2.75) is 26.4 Å². The number of hydrogen-bond acceptors (Lipinski definition) is 4. The maximum absolute atomic E-state index is 5.64. The minimum atomic E-state index is 0.670. The summed E-state index contributed by atoms with van der Waals surface area (Å²) in [5, 5.41) is 4.20. The molecule has 0 radical (unpaired) electrons. The van der Waals surface area contributed by atoms with Crippen LogP contribution in [0.2, 0.25) is 0 Å². The fourth-order valence-corrected chi connectivity index (χ4v) is 2.25.